The fraction of sp³-hybridized carbons (Fsp3) is 0.0455. The molecule has 0 atom stereocenters. The van der Waals surface area contributed by atoms with Gasteiger partial charge >= 0.3 is 6.03 Å². The fourth-order valence-electron chi connectivity index (χ4n) is 2.90. The first kappa shape index (κ1) is 21.1. The predicted molar refractivity (Wildman–Crippen MR) is 118 cm³/mol. The number of benzene rings is 3. The van der Waals surface area contributed by atoms with Gasteiger partial charge in [-0.05, 0) is 30.3 Å². The van der Waals surface area contributed by atoms with E-state index in [4.69, 9.17) is 21.1 Å². The van der Waals surface area contributed by atoms with Crippen LogP contribution < -0.4 is 20.1 Å². The summed E-state index contributed by atoms with van der Waals surface area (Å²) in [6, 6.07) is 12.8. The van der Waals surface area contributed by atoms with Crippen LogP contribution in [0.5, 0.6) is 23.1 Å². The molecule has 0 saturated carbocycles. The van der Waals surface area contributed by atoms with Crippen molar-refractivity contribution in [1.82, 2.24) is 9.97 Å². The summed E-state index contributed by atoms with van der Waals surface area (Å²) in [6.07, 6.45) is 1.30. The van der Waals surface area contributed by atoms with Crippen molar-refractivity contribution in [2.75, 3.05) is 17.7 Å². The number of rotatable bonds is 5. The molecule has 3 N–H and O–H groups in total. The molecule has 0 aliphatic heterocycles. The predicted octanol–water partition coefficient (Wildman–Crippen LogP) is 5.57. The Labute approximate surface area is 186 Å². The van der Waals surface area contributed by atoms with Gasteiger partial charge in [-0.25, -0.2) is 19.2 Å². The minimum absolute atomic E-state index is 0.0400. The second-order valence-corrected chi connectivity index (χ2v) is 6.93. The quantitative estimate of drug-likeness (QED) is 0.364. The van der Waals surface area contributed by atoms with Crippen LogP contribution in [0.4, 0.5) is 20.6 Å². The monoisotopic (exact) mass is 454 g/mol. The first-order valence-electron chi connectivity index (χ1n) is 9.26. The zero-order valence-corrected chi connectivity index (χ0v) is 17.4. The van der Waals surface area contributed by atoms with E-state index in [9.17, 15) is 14.3 Å². The topological polar surface area (TPSA) is 106 Å². The number of aromatic hydroxyl groups is 1. The van der Waals surface area contributed by atoms with Crippen LogP contribution in [-0.2, 0) is 0 Å². The molecule has 1 aromatic heterocycles. The van der Waals surface area contributed by atoms with Crippen LogP contribution in [0.2, 0.25) is 5.02 Å². The van der Waals surface area contributed by atoms with E-state index in [1.807, 2.05) is 0 Å². The molecule has 0 fully saturated rings. The van der Waals surface area contributed by atoms with Crippen LogP contribution in [0, 0.1) is 5.82 Å². The number of phenolic OH excluding ortho intramolecular Hbond substituents is 1. The summed E-state index contributed by atoms with van der Waals surface area (Å²) >= 11 is 6.28. The highest BCUT2D eigenvalue weighted by Gasteiger charge is 2.13. The molecule has 1 heterocycles. The summed E-state index contributed by atoms with van der Waals surface area (Å²) in [7, 11) is 1.43. The Kier molecular flexibility index (Phi) is 5.91. The van der Waals surface area contributed by atoms with E-state index in [-0.39, 0.29) is 28.1 Å². The summed E-state index contributed by atoms with van der Waals surface area (Å²) in [5.74, 6) is 0.205. The number of amides is 2. The normalized spacial score (nSPS) is 10.6. The summed E-state index contributed by atoms with van der Waals surface area (Å²) in [5.41, 5.74) is 0.799. The van der Waals surface area contributed by atoms with Crippen molar-refractivity contribution in [2.24, 2.45) is 0 Å². The van der Waals surface area contributed by atoms with Gasteiger partial charge in [0.2, 0.25) is 5.88 Å². The Morgan fingerprint density at radius 3 is 2.59 bits per heavy atom. The standard InChI is InChI=1S/C22H16ClFN4O4/c1-31-20-9-13-18(10-19(20)29)25-11-26-21(13)32-12-6-7-16(14(23)8-12)27-22(30)28-17-5-3-2-4-15(17)24/h2-11,29H,1H3,(H2,27,28,30). The molecule has 32 heavy (non-hydrogen) atoms. The molecule has 4 aromatic rings. The number of carbonyl (C=O) groups excluding carboxylic acids is 1. The smallest absolute Gasteiger partial charge is 0.323 e. The Balaban J connectivity index is 1.53. The largest absolute Gasteiger partial charge is 0.504 e. The van der Waals surface area contributed by atoms with E-state index in [0.29, 0.717) is 22.3 Å². The number of nitrogens with one attached hydrogen (secondary N) is 2. The number of fused-ring (bicyclic) bond motifs is 1. The number of para-hydroxylation sites is 1. The van der Waals surface area contributed by atoms with Gasteiger partial charge in [0.15, 0.2) is 11.5 Å². The number of ether oxygens (including phenoxy) is 2. The number of phenols is 1. The third-order valence-electron chi connectivity index (χ3n) is 4.42. The third-order valence-corrected chi connectivity index (χ3v) is 4.74. The lowest BCUT2D eigenvalue weighted by Gasteiger charge is -2.12. The van der Waals surface area contributed by atoms with Crippen molar-refractivity contribution in [2.45, 2.75) is 0 Å². The molecule has 0 radical (unpaired) electrons. The molecule has 162 valence electrons. The number of carbonyl (C=O) groups is 1. The van der Waals surface area contributed by atoms with Crippen LogP contribution in [-0.4, -0.2) is 28.2 Å². The highest BCUT2D eigenvalue weighted by Crippen LogP contribution is 2.36. The maximum Gasteiger partial charge on any atom is 0.323 e. The van der Waals surface area contributed by atoms with Crippen molar-refractivity contribution in [3.05, 3.63) is 71.8 Å². The molecule has 4 rings (SSSR count). The lowest BCUT2D eigenvalue weighted by molar-refractivity contribution is 0.262. The van der Waals surface area contributed by atoms with Crippen LogP contribution in [0.1, 0.15) is 0 Å². The van der Waals surface area contributed by atoms with Gasteiger partial charge in [0.05, 0.1) is 34.4 Å². The molecule has 8 nitrogen and oxygen atoms in total. The highest BCUT2D eigenvalue weighted by atomic mass is 35.5. The Hall–Kier alpha value is -4.11. The Morgan fingerprint density at radius 1 is 1.06 bits per heavy atom. The van der Waals surface area contributed by atoms with Gasteiger partial charge in [0, 0.05) is 12.1 Å². The molecule has 2 amide bonds. The van der Waals surface area contributed by atoms with Crippen LogP contribution >= 0.6 is 11.6 Å². The molecule has 0 bridgehead atoms. The summed E-state index contributed by atoms with van der Waals surface area (Å²) in [5, 5.41) is 15.6. The Bertz CT molecular complexity index is 1320. The third kappa shape index (κ3) is 4.47. The van der Waals surface area contributed by atoms with Gasteiger partial charge in [-0.1, -0.05) is 23.7 Å². The molecule has 3 aromatic carbocycles. The van der Waals surface area contributed by atoms with Gasteiger partial charge < -0.3 is 25.2 Å². The first-order valence-corrected chi connectivity index (χ1v) is 9.64. The average Bonchev–Trinajstić information content (AvgIpc) is 2.77. The van der Waals surface area contributed by atoms with Crippen LogP contribution in [0.15, 0.2) is 60.9 Å². The summed E-state index contributed by atoms with van der Waals surface area (Å²) in [6.45, 7) is 0. The minimum Gasteiger partial charge on any atom is -0.504 e. The van der Waals surface area contributed by atoms with E-state index >= 15 is 0 Å². The summed E-state index contributed by atoms with van der Waals surface area (Å²) < 4.78 is 24.7. The van der Waals surface area contributed by atoms with Crippen molar-refractivity contribution >= 4 is 39.9 Å². The van der Waals surface area contributed by atoms with Crippen LogP contribution in [0.25, 0.3) is 10.9 Å². The molecule has 0 saturated heterocycles. The van der Waals surface area contributed by atoms with Crippen molar-refractivity contribution in [3.63, 3.8) is 0 Å². The van der Waals surface area contributed by atoms with Crippen LogP contribution in [0.3, 0.4) is 0 Å². The lowest BCUT2D eigenvalue weighted by Crippen LogP contribution is -2.20. The van der Waals surface area contributed by atoms with Crippen molar-refractivity contribution < 1.29 is 23.8 Å². The number of aromatic nitrogens is 2. The molecule has 10 heteroatoms. The zero-order chi connectivity index (χ0) is 22.7. The maximum absolute atomic E-state index is 13.7. The van der Waals surface area contributed by atoms with Gasteiger partial charge in [0.1, 0.15) is 17.9 Å². The first-order chi connectivity index (χ1) is 15.4. The molecule has 0 spiro atoms. The van der Waals surface area contributed by atoms with Gasteiger partial charge in [-0.3, -0.25) is 0 Å². The Morgan fingerprint density at radius 2 is 1.84 bits per heavy atom. The number of nitrogens with zero attached hydrogens (tertiary/aromatic N) is 2. The van der Waals surface area contributed by atoms with E-state index in [1.165, 1.54) is 49.8 Å². The molecular formula is C22H16ClFN4O4. The lowest BCUT2D eigenvalue weighted by atomic mass is 10.2. The second-order valence-electron chi connectivity index (χ2n) is 6.52. The molecular weight excluding hydrogens is 439 g/mol. The number of hydrogen-bond donors (Lipinski definition) is 3. The second kappa shape index (κ2) is 8.94. The molecule has 0 unspecified atom stereocenters. The average molecular weight is 455 g/mol. The van der Waals surface area contributed by atoms with Gasteiger partial charge in [0.25, 0.3) is 0 Å². The zero-order valence-electron chi connectivity index (χ0n) is 16.6. The van der Waals surface area contributed by atoms with Crippen molar-refractivity contribution in [1.29, 1.82) is 0 Å². The highest BCUT2D eigenvalue weighted by molar-refractivity contribution is 6.34. The van der Waals surface area contributed by atoms with E-state index in [0.717, 1.165) is 0 Å². The molecule has 0 aliphatic rings. The van der Waals surface area contributed by atoms with E-state index in [1.54, 1.807) is 18.2 Å². The fourth-order valence-corrected chi connectivity index (χ4v) is 3.12. The SMILES string of the molecule is COc1cc2c(Oc3ccc(NC(=O)Nc4ccccc4F)c(Cl)c3)ncnc2cc1O. The maximum atomic E-state index is 13.7. The van der Waals surface area contributed by atoms with E-state index < -0.39 is 11.8 Å². The molecule has 0 aliphatic carbocycles. The number of anilines is 2. The van der Waals surface area contributed by atoms with Crippen molar-refractivity contribution in [3.8, 4) is 23.1 Å². The van der Waals surface area contributed by atoms with Gasteiger partial charge in [-0.15, -0.1) is 0 Å². The summed E-state index contributed by atoms with van der Waals surface area (Å²) in [4.78, 5) is 20.4. The number of halogens is 2. The van der Waals surface area contributed by atoms with Gasteiger partial charge in [-0.2, -0.15) is 0 Å². The number of urea groups is 1. The van der Waals surface area contributed by atoms with E-state index in [2.05, 4.69) is 20.6 Å². The number of hydrogen-bond acceptors (Lipinski definition) is 6. The number of methoxy groups -OCH3 is 1. The minimum atomic E-state index is -0.653.